The molecule has 0 saturated heterocycles. The maximum atomic E-state index is 5.59. The van der Waals surface area contributed by atoms with Crippen LogP contribution in [0.3, 0.4) is 0 Å². The summed E-state index contributed by atoms with van der Waals surface area (Å²) < 4.78 is 11.9. The Hall–Kier alpha value is -0.780. The van der Waals surface area contributed by atoms with Gasteiger partial charge in [0.2, 0.25) is 0 Å². The standard InChI is InChI=1S/C15H25BrN2O2/c1-5-20-15-13(16)9-12(10-14(15)19-4)11-17-7-6-8-18(2)3/h9-10,17H,5-8,11H2,1-4H3. The number of ether oxygens (including phenoxy) is 2. The van der Waals surface area contributed by atoms with Gasteiger partial charge in [0.25, 0.3) is 0 Å². The quantitative estimate of drug-likeness (QED) is 0.698. The molecule has 1 aromatic carbocycles. The molecule has 0 aliphatic heterocycles. The molecule has 4 nitrogen and oxygen atoms in total. The summed E-state index contributed by atoms with van der Waals surface area (Å²) in [5, 5.41) is 3.44. The molecule has 0 amide bonds. The lowest BCUT2D eigenvalue weighted by atomic mass is 10.2. The van der Waals surface area contributed by atoms with E-state index in [1.807, 2.05) is 13.0 Å². The molecule has 0 bridgehead atoms. The summed E-state index contributed by atoms with van der Waals surface area (Å²) in [5.74, 6) is 1.54. The molecule has 0 atom stereocenters. The van der Waals surface area contributed by atoms with E-state index in [0.717, 1.165) is 42.0 Å². The van der Waals surface area contributed by atoms with Crippen molar-refractivity contribution >= 4 is 15.9 Å². The molecule has 20 heavy (non-hydrogen) atoms. The van der Waals surface area contributed by atoms with Gasteiger partial charge in [-0.1, -0.05) is 0 Å². The highest BCUT2D eigenvalue weighted by Crippen LogP contribution is 2.36. The van der Waals surface area contributed by atoms with Crippen LogP contribution in [0.5, 0.6) is 11.5 Å². The smallest absolute Gasteiger partial charge is 0.175 e. The summed E-state index contributed by atoms with van der Waals surface area (Å²) in [7, 11) is 5.85. The number of nitrogens with zero attached hydrogens (tertiary/aromatic N) is 1. The third kappa shape index (κ3) is 5.69. The van der Waals surface area contributed by atoms with Crippen molar-refractivity contribution in [3.63, 3.8) is 0 Å². The van der Waals surface area contributed by atoms with Crippen molar-refractivity contribution in [1.29, 1.82) is 0 Å². The van der Waals surface area contributed by atoms with Gasteiger partial charge in [-0.3, -0.25) is 0 Å². The zero-order valence-electron chi connectivity index (χ0n) is 12.8. The van der Waals surface area contributed by atoms with Crippen molar-refractivity contribution in [3.8, 4) is 11.5 Å². The largest absolute Gasteiger partial charge is 0.493 e. The van der Waals surface area contributed by atoms with E-state index in [9.17, 15) is 0 Å². The molecule has 0 saturated carbocycles. The van der Waals surface area contributed by atoms with Crippen molar-refractivity contribution in [1.82, 2.24) is 10.2 Å². The van der Waals surface area contributed by atoms with E-state index < -0.39 is 0 Å². The molecule has 0 aromatic heterocycles. The van der Waals surface area contributed by atoms with Crippen LogP contribution in [-0.2, 0) is 6.54 Å². The van der Waals surface area contributed by atoms with Gasteiger partial charge in [0.15, 0.2) is 11.5 Å². The van der Waals surface area contributed by atoms with E-state index in [1.54, 1.807) is 7.11 Å². The van der Waals surface area contributed by atoms with Gasteiger partial charge in [0, 0.05) is 6.54 Å². The van der Waals surface area contributed by atoms with Gasteiger partial charge in [-0.15, -0.1) is 0 Å². The summed E-state index contributed by atoms with van der Waals surface area (Å²) in [6.45, 7) is 5.52. The minimum absolute atomic E-state index is 0.622. The van der Waals surface area contributed by atoms with Crippen molar-refractivity contribution < 1.29 is 9.47 Å². The second-order valence-corrected chi connectivity index (χ2v) is 5.73. The Balaban J connectivity index is 2.56. The minimum atomic E-state index is 0.622. The monoisotopic (exact) mass is 344 g/mol. The number of hydrogen-bond acceptors (Lipinski definition) is 4. The van der Waals surface area contributed by atoms with Gasteiger partial charge < -0.3 is 19.7 Å². The molecule has 1 aromatic rings. The number of nitrogens with one attached hydrogen (secondary N) is 1. The molecule has 0 spiro atoms. The van der Waals surface area contributed by atoms with Crippen LogP contribution in [-0.4, -0.2) is 45.8 Å². The van der Waals surface area contributed by atoms with Crippen molar-refractivity contribution in [2.75, 3.05) is 40.9 Å². The number of halogens is 1. The van der Waals surface area contributed by atoms with E-state index in [4.69, 9.17) is 9.47 Å². The predicted octanol–water partition coefficient (Wildman–Crippen LogP) is 2.90. The Morgan fingerprint density at radius 1 is 1.30 bits per heavy atom. The predicted molar refractivity (Wildman–Crippen MR) is 86.7 cm³/mol. The average Bonchev–Trinajstić information content (AvgIpc) is 2.40. The van der Waals surface area contributed by atoms with Crippen LogP contribution >= 0.6 is 15.9 Å². The summed E-state index contributed by atoms with van der Waals surface area (Å²) in [5.41, 5.74) is 1.18. The van der Waals surface area contributed by atoms with E-state index in [1.165, 1.54) is 5.56 Å². The number of benzene rings is 1. The van der Waals surface area contributed by atoms with Gasteiger partial charge in [0.1, 0.15) is 0 Å². The first-order chi connectivity index (χ1) is 9.58. The van der Waals surface area contributed by atoms with Gasteiger partial charge in [-0.05, 0) is 74.2 Å². The first kappa shape index (κ1) is 17.3. The summed E-state index contributed by atoms with van der Waals surface area (Å²) in [6, 6.07) is 4.10. The molecule has 0 unspecified atom stereocenters. The van der Waals surface area contributed by atoms with Gasteiger partial charge >= 0.3 is 0 Å². The van der Waals surface area contributed by atoms with Crippen LogP contribution in [0.2, 0.25) is 0 Å². The van der Waals surface area contributed by atoms with E-state index >= 15 is 0 Å². The average molecular weight is 345 g/mol. The second kappa shape index (κ2) is 9.21. The zero-order valence-corrected chi connectivity index (χ0v) is 14.4. The SMILES string of the molecule is CCOc1c(Br)cc(CNCCCN(C)C)cc1OC. The van der Waals surface area contributed by atoms with Crippen molar-refractivity contribution in [3.05, 3.63) is 22.2 Å². The van der Waals surface area contributed by atoms with Crippen LogP contribution < -0.4 is 14.8 Å². The zero-order chi connectivity index (χ0) is 15.0. The fraction of sp³-hybridized carbons (Fsp3) is 0.600. The summed E-state index contributed by atoms with van der Waals surface area (Å²) >= 11 is 3.54. The molecule has 1 N–H and O–H groups in total. The normalized spacial score (nSPS) is 10.9. The van der Waals surface area contributed by atoms with Gasteiger partial charge in [-0.25, -0.2) is 0 Å². The molecule has 0 aliphatic rings. The Kier molecular flexibility index (Phi) is 7.95. The summed E-state index contributed by atoms with van der Waals surface area (Å²) in [4.78, 5) is 2.19. The molecule has 1 rings (SSSR count). The number of methoxy groups -OCH3 is 1. The van der Waals surface area contributed by atoms with Crippen LogP contribution in [0.1, 0.15) is 18.9 Å². The van der Waals surface area contributed by atoms with Crippen LogP contribution in [0.25, 0.3) is 0 Å². The first-order valence-electron chi connectivity index (χ1n) is 6.93. The molecule has 114 valence electrons. The maximum Gasteiger partial charge on any atom is 0.175 e. The van der Waals surface area contributed by atoms with Crippen LogP contribution in [0.4, 0.5) is 0 Å². The highest BCUT2D eigenvalue weighted by atomic mass is 79.9. The van der Waals surface area contributed by atoms with Crippen LogP contribution in [0.15, 0.2) is 16.6 Å². The Bertz CT molecular complexity index is 411. The minimum Gasteiger partial charge on any atom is -0.493 e. The highest BCUT2D eigenvalue weighted by molar-refractivity contribution is 9.10. The highest BCUT2D eigenvalue weighted by Gasteiger charge is 2.10. The van der Waals surface area contributed by atoms with Crippen molar-refractivity contribution in [2.24, 2.45) is 0 Å². The van der Waals surface area contributed by atoms with E-state index in [2.05, 4.69) is 46.3 Å². The lowest BCUT2D eigenvalue weighted by Crippen LogP contribution is -2.21. The molecular weight excluding hydrogens is 320 g/mol. The molecule has 0 heterocycles. The van der Waals surface area contributed by atoms with Crippen molar-refractivity contribution in [2.45, 2.75) is 19.9 Å². The molecule has 0 aliphatic carbocycles. The Labute approximate surface area is 130 Å². The molecule has 0 radical (unpaired) electrons. The van der Waals surface area contributed by atoms with Gasteiger partial charge in [0.05, 0.1) is 18.2 Å². The number of hydrogen-bond donors (Lipinski definition) is 1. The Morgan fingerprint density at radius 2 is 2.05 bits per heavy atom. The van der Waals surface area contributed by atoms with E-state index in [-0.39, 0.29) is 0 Å². The van der Waals surface area contributed by atoms with Gasteiger partial charge in [-0.2, -0.15) is 0 Å². The Morgan fingerprint density at radius 3 is 2.65 bits per heavy atom. The third-order valence-electron chi connectivity index (χ3n) is 2.87. The summed E-state index contributed by atoms with van der Waals surface area (Å²) in [6.07, 6.45) is 1.14. The second-order valence-electron chi connectivity index (χ2n) is 4.88. The fourth-order valence-electron chi connectivity index (χ4n) is 1.91. The molecule has 0 fully saturated rings. The fourth-order valence-corrected chi connectivity index (χ4v) is 2.52. The third-order valence-corrected chi connectivity index (χ3v) is 3.45. The molecule has 5 heteroatoms. The van der Waals surface area contributed by atoms with Crippen LogP contribution in [0, 0.1) is 0 Å². The van der Waals surface area contributed by atoms with E-state index in [0.29, 0.717) is 6.61 Å². The lowest BCUT2D eigenvalue weighted by Gasteiger charge is -2.14. The topological polar surface area (TPSA) is 33.7 Å². The molecular formula is C15H25BrN2O2. The maximum absolute atomic E-state index is 5.59. The first-order valence-corrected chi connectivity index (χ1v) is 7.72. The number of rotatable bonds is 9. The lowest BCUT2D eigenvalue weighted by molar-refractivity contribution is 0.308.